The van der Waals surface area contributed by atoms with Gasteiger partial charge in [0.25, 0.3) is 0 Å². The molecule has 0 aromatic rings. The van der Waals surface area contributed by atoms with Crippen LogP contribution >= 0.6 is 0 Å². The van der Waals surface area contributed by atoms with Gasteiger partial charge >= 0.3 is 0 Å². The van der Waals surface area contributed by atoms with E-state index in [1.165, 1.54) is 38.8 Å². The Labute approximate surface area is 61.4 Å². The highest BCUT2D eigenvalue weighted by Crippen LogP contribution is 2.43. The van der Waals surface area contributed by atoms with E-state index in [-0.39, 0.29) is 0 Å². The molecule has 3 rings (SSSR count). The molecule has 2 heterocycles. The van der Waals surface area contributed by atoms with Gasteiger partial charge in [0.2, 0.25) is 0 Å². The second kappa shape index (κ2) is 1.41. The summed E-state index contributed by atoms with van der Waals surface area (Å²) < 4.78 is 0. The van der Waals surface area contributed by atoms with Crippen LogP contribution in [0.25, 0.3) is 0 Å². The Kier molecular flexibility index (Phi) is 0.783. The third kappa shape index (κ3) is 0.663. The Hall–Kier alpha value is -0.0800. The summed E-state index contributed by atoms with van der Waals surface area (Å²) in [5.41, 5.74) is 1.27. The van der Waals surface area contributed by atoms with Crippen molar-refractivity contribution in [3.05, 3.63) is 0 Å². The van der Waals surface area contributed by atoms with Crippen LogP contribution in [0.2, 0.25) is 0 Å². The van der Waals surface area contributed by atoms with Crippen LogP contribution in [0.5, 0.6) is 0 Å². The first-order valence-corrected chi connectivity index (χ1v) is 4.33. The average molecular weight is 138 g/mol. The smallest absolute Gasteiger partial charge is 0.0308 e. The first-order valence-electron chi connectivity index (χ1n) is 4.33. The number of nitrogens with one attached hydrogen (secondary N) is 2. The molecular weight excluding hydrogens is 124 g/mol. The van der Waals surface area contributed by atoms with Gasteiger partial charge in [-0.2, -0.15) is 0 Å². The molecule has 2 N–H and O–H groups in total. The second-order valence-corrected chi connectivity index (χ2v) is 4.27. The summed E-state index contributed by atoms with van der Waals surface area (Å²) in [6, 6.07) is 0. The zero-order valence-electron chi connectivity index (χ0n) is 6.24. The lowest BCUT2D eigenvalue weighted by molar-refractivity contribution is 0.347. The highest BCUT2D eigenvalue weighted by atomic mass is 15.2. The van der Waals surface area contributed by atoms with Crippen molar-refractivity contribution in [2.75, 3.05) is 13.1 Å². The first-order chi connectivity index (χ1) is 4.83. The van der Waals surface area contributed by atoms with Gasteiger partial charge < -0.3 is 10.6 Å². The molecule has 0 radical (unpaired) electrons. The quantitative estimate of drug-likeness (QED) is 0.471. The van der Waals surface area contributed by atoms with E-state index in [2.05, 4.69) is 10.6 Å². The van der Waals surface area contributed by atoms with Crippen LogP contribution in [0, 0.1) is 0 Å². The second-order valence-electron chi connectivity index (χ2n) is 4.27. The highest BCUT2D eigenvalue weighted by molar-refractivity contribution is 5.15. The third-order valence-electron chi connectivity index (χ3n) is 3.52. The first kappa shape index (κ1) is 5.56. The fraction of sp³-hybridized carbons (Fsp3) is 1.00. The van der Waals surface area contributed by atoms with E-state index >= 15 is 0 Å². The standard InChI is InChI=1S/C8H14N2/c1-2-8(6-10-8)4-3-7(1)5-9-7/h9-10H,1-6H2. The van der Waals surface area contributed by atoms with Gasteiger partial charge in [-0.15, -0.1) is 0 Å². The number of hydrogen-bond donors (Lipinski definition) is 2. The molecule has 0 atom stereocenters. The molecule has 56 valence electrons. The molecule has 3 aliphatic rings. The van der Waals surface area contributed by atoms with E-state index < -0.39 is 0 Å². The molecule has 2 nitrogen and oxygen atoms in total. The van der Waals surface area contributed by atoms with Crippen LogP contribution in [0.15, 0.2) is 0 Å². The van der Waals surface area contributed by atoms with Crippen LogP contribution in [0.3, 0.4) is 0 Å². The van der Waals surface area contributed by atoms with Crippen LogP contribution in [0.1, 0.15) is 25.7 Å². The number of hydrogen-bond acceptors (Lipinski definition) is 2. The molecule has 0 unspecified atom stereocenters. The van der Waals surface area contributed by atoms with Gasteiger partial charge in [-0.3, -0.25) is 0 Å². The van der Waals surface area contributed by atoms with E-state index in [0.29, 0.717) is 11.1 Å². The fourth-order valence-corrected chi connectivity index (χ4v) is 2.16. The van der Waals surface area contributed by atoms with E-state index in [9.17, 15) is 0 Å². The molecule has 2 saturated heterocycles. The highest BCUT2D eigenvalue weighted by Gasteiger charge is 2.53. The van der Waals surface area contributed by atoms with Crippen molar-refractivity contribution < 1.29 is 0 Å². The van der Waals surface area contributed by atoms with Crippen molar-refractivity contribution in [2.45, 2.75) is 36.8 Å². The summed E-state index contributed by atoms with van der Waals surface area (Å²) in [5, 5.41) is 6.98. The molecule has 2 aliphatic heterocycles. The minimum atomic E-state index is 0.634. The molecule has 1 aliphatic carbocycles. The maximum absolute atomic E-state index is 3.49. The normalized spacial score (nSPS) is 57.6. The summed E-state index contributed by atoms with van der Waals surface area (Å²) in [7, 11) is 0. The lowest BCUT2D eigenvalue weighted by Crippen LogP contribution is -2.30. The van der Waals surface area contributed by atoms with Crippen LogP contribution in [0.4, 0.5) is 0 Å². The Bertz CT molecular complexity index is 136. The summed E-state index contributed by atoms with van der Waals surface area (Å²) in [6.07, 6.45) is 5.67. The van der Waals surface area contributed by atoms with Crippen molar-refractivity contribution in [1.29, 1.82) is 0 Å². The monoisotopic (exact) mass is 138 g/mol. The zero-order chi connectivity index (χ0) is 6.66. The summed E-state index contributed by atoms with van der Waals surface area (Å²) >= 11 is 0. The number of rotatable bonds is 0. The van der Waals surface area contributed by atoms with E-state index in [1.807, 2.05) is 0 Å². The Balaban J connectivity index is 1.72. The van der Waals surface area contributed by atoms with Crippen LogP contribution in [-0.2, 0) is 0 Å². The molecule has 3 fully saturated rings. The maximum Gasteiger partial charge on any atom is 0.0308 e. The van der Waals surface area contributed by atoms with Crippen molar-refractivity contribution >= 4 is 0 Å². The van der Waals surface area contributed by atoms with E-state index in [1.54, 1.807) is 0 Å². The SMILES string of the molecule is C1CC2(CCC13CN3)CN2. The maximum atomic E-state index is 3.49. The lowest BCUT2D eigenvalue weighted by Gasteiger charge is -2.25. The molecule has 2 heteroatoms. The lowest BCUT2D eigenvalue weighted by atomic mass is 9.81. The van der Waals surface area contributed by atoms with E-state index in [4.69, 9.17) is 0 Å². The van der Waals surface area contributed by atoms with Gasteiger partial charge in [-0.1, -0.05) is 0 Å². The third-order valence-corrected chi connectivity index (χ3v) is 3.52. The van der Waals surface area contributed by atoms with Crippen molar-refractivity contribution in [2.24, 2.45) is 0 Å². The topological polar surface area (TPSA) is 43.9 Å². The van der Waals surface area contributed by atoms with Crippen molar-refractivity contribution in [1.82, 2.24) is 10.6 Å². The van der Waals surface area contributed by atoms with Crippen molar-refractivity contribution in [3.63, 3.8) is 0 Å². The van der Waals surface area contributed by atoms with Crippen molar-refractivity contribution in [3.8, 4) is 0 Å². The largest absolute Gasteiger partial charge is 0.308 e. The average Bonchev–Trinajstić information content (AvgIpc) is 2.75. The van der Waals surface area contributed by atoms with Gasteiger partial charge in [-0.25, -0.2) is 0 Å². The fourth-order valence-electron chi connectivity index (χ4n) is 2.16. The van der Waals surface area contributed by atoms with E-state index in [0.717, 1.165) is 0 Å². The molecule has 1 saturated carbocycles. The Morgan fingerprint density at radius 2 is 1.00 bits per heavy atom. The predicted octanol–water partition coefficient (Wildman–Crippen LogP) is 0.244. The Morgan fingerprint density at radius 3 is 1.20 bits per heavy atom. The Morgan fingerprint density at radius 1 is 0.700 bits per heavy atom. The zero-order valence-corrected chi connectivity index (χ0v) is 6.24. The van der Waals surface area contributed by atoms with Gasteiger partial charge in [0, 0.05) is 24.2 Å². The minimum absolute atomic E-state index is 0.634. The van der Waals surface area contributed by atoms with Crippen LogP contribution in [-0.4, -0.2) is 24.2 Å². The summed E-state index contributed by atoms with van der Waals surface area (Å²) in [4.78, 5) is 0. The van der Waals surface area contributed by atoms with Gasteiger partial charge in [0.05, 0.1) is 0 Å². The molecule has 0 bridgehead atoms. The molecule has 2 spiro atoms. The predicted molar refractivity (Wildman–Crippen MR) is 39.9 cm³/mol. The molecule has 0 aromatic carbocycles. The summed E-state index contributed by atoms with van der Waals surface area (Å²) in [6.45, 7) is 2.59. The van der Waals surface area contributed by atoms with Gasteiger partial charge in [-0.05, 0) is 25.7 Å². The van der Waals surface area contributed by atoms with Gasteiger partial charge in [0.15, 0.2) is 0 Å². The summed E-state index contributed by atoms with van der Waals surface area (Å²) in [5.74, 6) is 0. The van der Waals surface area contributed by atoms with Crippen LogP contribution < -0.4 is 10.6 Å². The molecule has 0 aromatic heterocycles. The molecule has 10 heavy (non-hydrogen) atoms. The minimum Gasteiger partial charge on any atom is -0.308 e. The molecular formula is C8H14N2. The van der Waals surface area contributed by atoms with Gasteiger partial charge in [0.1, 0.15) is 0 Å². The molecule has 0 amide bonds.